The molecule has 0 aliphatic heterocycles. The number of hydrogen-bond acceptors (Lipinski definition) is 3. The summed E-state index contributed by atoms with van der Waals surface area (Å²) in [5.41, 5.74) is 9.43. The van der Waals surface area contributed by atoms with Crippen LogP contribution in [0.4, 0.5) is 11.4 Å². The highest BCUT2D eigenvalue weighted by atomic mass is 32.1. The summed E-state index contributed by atoms with van der Waals surface area (Å²) in [6, 6.07) is 34.3. The largest absolute Gasteiger partial charge is 0.310 e. The van der Waals surface area contributed by atoms with Crippen LogP contribution < -0.4 is 4.90 Å². The van der Waals surface area contributed by atoms with Gasteiger partial charge >= 0.3 is 0 Å². The Labute approximate surface area is 260 Å². The standard InChI is InChI=1S/C39H37NS2/c1-5-14-38-33(6-2)35-20-13-21-36(39(35)42-38)40(29(4)16-12-15-28(3)34-19-10-11-22-37(34)41)32-25-23-31(24-26-32)27-30-17-8-7-9-18-30/h5,7-26,41H,4,6,27H2,1-3H3/b14-5-,16-12-,28-15+. The van der Waals surface area contributed by atoms with Crippen LogP contribution in [0.2, 0.25) is 0 Å². The number of hydrogen-bond donors (Lipinski definition) is 1. The Morgan fingerprint density at radius 3 is 2.31 bits per heavy atom. The quantitative estimate of drug-likeness (QED) is 0.126. The molecule has 0 N–H and O–H groups in total. The summed E-state index contributed by atoms with van der Waals surface area (Å²) in [6.45, 7) is 11.0. The Morgan fingerprint density at radius 2 is 1.60 bits per heavy atom. The average Bonchev–Trinajstić information content (AvgIpc) is 3.37. The second-order valence-corrected chi connectivity index (χ2v) is 11.9. The van der Waals surface area contributed by atoms with Gasteiger partial charge in [0.15, 0.2) is 0 Å². The molecule has 4 aromatic carbocycles. The highest BCUT2D eigenvalue weighted by molar-refractivity contribution is 7.80. The van der Waals surface area contributed by atoms with Crippen LogP contribution in [0.1, 0.15) is 47.9 Å². The molecular formula is C39H37NS2. The van der Waals surface area contributed by atoms with Crippen molar-refractivity contribution in [2.75, 3.05) is 4.90 Å². The highest BCUT2D eigenvalue weighted by Crippen LogP contribution is 2.42. The van der Waals surface area contributed by atoms with Gasteiger partial charge in [0.1, 0.15) is 0 Å². The predicted octanol–water partition coefficient (Wildman–Crippen LogP) is 11.7. The second-order valence-electron chi connectivity index (χ2n) is 10.3. The van der Waals surface area contributed by atoms with Crippen LogP contribution in [0, 0.1) is 0 Å². The number of nitrogens with zero attached hydrogens (tertiary/aromatic N) is 1. The normalized spacial score (nSPS) is 12.0. The van der Waals surface area contributed by atoms with E-state index < -0.39 is 0 Å². The lowest BCUT2D eigenvalue weighted by Gasteiger charge is -2.26. The van der Waals surface area contributed by atoms with Gasteiger partial charge in [-0.1, -0.05) is 105 Å². The fraction of sp³-hybridized carbons (Fsp3) is 0.128. The third-order valence-corrected chi connectivity index (χ3v) is 9.06. The number of anilines is 2. The molecule has 5 aromatic rings. The maximum atomic E-state index is 4.64. The zero-order valence-corrected chi connectivity index (χ0v) is 26.3. The highest BCUT2D eigenvalue weighted by Gasteiger charge is 2.19. The summed E-state index contributed by atoms with van der Waals surface area (Å²) < 4.78 is 1.28. The topological polar surface area (TPSA) is 3.24 Å². The molecule has 1 aromatic heterocycles. The molecule has 0 aliphatic carbocycles. The van der Waals surface area contributed by atoms with Gasteiger partial charge in [-0.2, -0.15) is 0 Å². The van der Waals surface area contributed by atoms with E-state index in [-0.39, 0.29) is 0 Å². The first kappa shape index (κ1) is 29.4. The van der Waals surface area contributed by atoms with E-state index in [0.717, 1.165) is 45.9 Å². The van der Waals surface area contributed by atoms with E-state index in [1.165, 1.54) is 31.7 Å². The first-order valence-electron chi connectivity index (χ1n) is 14.4. The van der Waals surface area contributed by atoms with Gasteiger partial charge in [0.05, 0.1) is 10.4 Å². The molecule has 1 heterocycles. The molecular weight excluding hydrogens is 547 g/mol. The van der Waals surface area contributed by atoms with Gasteiger partial charge in [0.2, 0.25) is 0 Å². The zero-order valence-electron chi connectivity index (χ0n) is 24.5. The molecule has 5 rings (SSSR count). The molecule has 0 saturated heterocycles. The average molecular weight is 584 g/mol. The molecule has 0 amide bonds. The molecule has 42 heavy (non-hydrogen) atoms. The van der Waals surface area contributed by atoms with Crippen LogP contribution in [0.25, 0.3) is 21.7 Å². The van der Waals surface area contributed by atoms with Crippen molar-refractivity contribution in [3.8, 4) is 0 Å². The van der Waals surface area contributed by atoms with E-state index >= 15 is 0 Å². The van der Waals surface area contributed by atoms with Crippen molar-refractivity contribution in [3.05, 3.63) is 161 Å². The van der Waals surface area contributed by atoms with E-state index in [0.29, 0.717) is 0 Å². The molecule has 0 unspecified atom stereocenters. The van der Waals surface area contributed by atoms with Crippen LogP contribution in [-0.2, 0) is 12.8 Å². The van der Waals surface area contributed by atoms with Gasteiger partial charge in [-0.25, -0.2) is 0 Å². The van der Waals surface area contributed by atoms with Crippen LogP contribution in [0.3, 0.4) is 0 Å². The number of rotatable bonds is 10. The number of thiophene rings is 1. The van der Waals surface area contributed by atoms with Gasteiger partial charge in [-0.05, 0) is 96.3 Å². The summed E-state index contributed by atoms with van der Waals surface area (Å²) in [6.07, 6.45) is 12.6. The van der Waals surface area contributed by atoms with E-state index in [1.807, 2.05) is 29.5 Å². The number of fused-ring (bicyclic) bond motifs is 1. The van der Waals surface area contributed by atoms with E-state index in [9.17, 15) is 0 Å². The summed E-state index contributed by atoms with van der Waals surface area (Å²) in [5.74, 6) is 0. The minimum atomic E-state index is 0.903. The smallest absolute Gasteiger partial charge is 0.0640 e. The van der Waals surface area contributed by atoms with E-state index in [1.54, 1.807) is 0 Å². The summed E-state index contributed by atoms with van der Waals surface area (Å²) in [4.78, 5) is 4.59. The Hall–Kier alpha value is -4.05. The van der Waals surface area contributed by atoms with Crippen LogP contribution in [-0.4, -0.2) is 0 Å². The molecule has 3 heteroatoms. The fourth-order valence-electron chi connectivity index (χ4n) is 5.33. The first-order chi connectivity index (χ1) is 20.5. The van der Waals surface area contributed by atoms with Gasteiger partial charge in [0, 0.05) is 21.2 Å². The van der Waals surface area contributed by atoms with Crippen LogP contribution in [0.15, 0.2) is 139 Å². The van der Waals surface area contributed by atoms with Gasteiger partial charge in [-0.3, -0.25) is 0 Å². The van der Waals surface area contributed by atoms with Gasteiger partial charge < -0.3 is 4.90 Å². The first-order valence-corrected chi connectivity index (χ1v) is 15.7. The monoisotopic (exact) mass is 583 g/mol. The Balaban J connectivity index is 1.55. The minimum Gasteiger partial charge on any atom is -0.310 e. The number of benzene rings is 4. The van der Waals surface area contributed by atoms with Gasteiger partial charge in [-0.15, -0.1) is 24.0 Å². The SMILES string of the molecule is C=C(/C=C\C=C(/C)c1ccccc1S)N(c1ccc(Cc2ccccc2)cc1)c1cccc2c(CC)c(/C=C\C)sc12. The van der Waals surface area contributed by atoms with Crippen molar-refractivity contribution in [2.45, 2.75) is 38.5 Å². The summed E-state index contributed by atoms with van der Waals surface area (Å²) in [7, 11) is 0. The van der Waals surface area contributed by atoms with Crippen molar-refractivity contribution < 1.29 is 0 Å². The predicted molar refractivity (Wildman–Crippen MR) is 189 cm³/mol. The van der Waals surface area contributed by atoms with E-state index in [2.05, 4.69) is 154 Å². The molecule has 0 spiro atoms. The Morgan fingerprint density at radius 1 is 0.881 bits per heavy atom. The van der Waals surface area contributed by atoms with E-state index in [4.69, 9.17) is 0 Å². The Kier molecular flexibility index (Phi) is 9.63. The minimum absolute atomic E-state index is 0.903. The molecule has 0 saturated carbocycles. The van der Waals surface area contributed by atoms with Gasteiger partial charge in [0.25, 0.3) is 0 Å². The maximum Gasteiger partial charge on any atom is 0.0640 e. The molecule has 0 fully saturated rings. The fourth-order valence-corrected chi connectivity index (χ4v) is 7.03. The second kappa shape index (κ2) is 13.7. The summed E-state index contributed by atoms with van der Waals surface area (Å²) in [5, 5.41) is 1.32. The molecule has 0 aliphatic rings. The maximum absolute atomic E-state index is 4.64. The number of aryl methyl sites for hydroxylation is 1. The van der Waals surface area contributed by atoms with Crippen molar-refractivity contribution in [1.82, 2.24) is 0 Å². The van der Waals surface area contributed by atoms with Crippen LogP contribution >= 0.6 is 24.0 Å². The number of allylic oxidation sites excluding steroid dienone is 5. The van der Waals surface area contributed by atoms with Crippen molar-refractivity contribution in [3.63, 3.8) is 0 Å². The zero-order chi connectivity index (χ0) is 29.5. The molecule has 1 nitrogen and oxygen atoms in total. The third-order valence-electron chi connectivity index (χ3n) is 7.44. The van der Waals surface area contributed by atoms with Crippen molar-refractivity contribution in [1.29, 1.82) is 0 Å². The lowest BCUT2D eigenvalue weighted by molar-refractivity contribution is 1.16. The summed E-state index contributed by atoms with van der Waals surface area (Å²) >= 11 is 6.50. The number of thiol groups is 1. The van der Waals surface area contributed by atoms with Crippen LogP contribution in [0.5, 0.6) is 0 Å². The lowest BCUT2D eigenvalue weighted by atomic mass is 10.0. The Bertz CT molecular complexity index is 1770. The molecule has 210 valence electrons. The van der Waals surface area contributed by atoms with Crippen molar-refractivity contribution >= 4 is 57.1 Å². The molecule has 0 bridgehead atoms. The molecule has 0 radical (unpaired) electrons. The third kappa shape index (κ3) is 6.54. The van der Waals surface area contributed by atoms with Crippen molar-refractivity contribution in [2.24, 2.45) is 0 Å². The molecule has 0 atom stereocenters. The lowest BCUT2D eigenvalue weighted by Crippen LogP contribution is -2.14.